The summed E-state index contributed by atoms with van der Waals surface area (Å²) < 4.78 is 30.2. The molecule has 0 saturated carbocycles. The Balaban J connectivity index is 1.88. The van der Waals surface area contributed by atoms with E-state index in [1.165, 1.54) is 33.4 Å². The second-order valence-electron chi connectivity index (χ2n) is 9.49. The third-order valence-corrected chi connectivity index (χ3v) is 8.64. The Morgan fingerprint density at radius 1 is 1.02 bits per heavy atom. The van der Waals surface area contributed by atoms with Crippen LogP contribution in [0.15, 0.2) is 86.2 Å². The summed E-state index contributed by atoms with van der Waals surface area (Å²) in [4.78, 5) is 29.7. The van der Waals surface area contributed by atoms with E-state index in [1.807, 2.05) is 13.8 Å². The van der Waals surface area contributed by atoms with E-state index >= 15 is 0 Å². The number of benzene rings is 2. The van der Waals surface area contributed by atoms with Gasteiger partial charge in [-0.15, -0.1) is 0 Å². The average molecular weight is 559 g/mol. The van der Waals surface area contributed by atoms with Crippen LogP contribution in [-0.2, 0) is 23.3 Å². The van der Waals surface area contributed by atoms with Crippen molar-refractivity contribution >= 4 is 9.84 Å². The van der Waals surface area contributed by atoms with E-state index in [4.69, 9.17) is 0 Å². The third-order valence-electron chi connectivity index (χ3n) is 6.85. The molecule has 0 saturated heterocycles. The van der Waals surface area contributed by atoms with Gasteiger partial charge in [0.25, 0.3) is 11.1 Å². The molecule has 0 aliphatic carbocycles. The van der Waals surface area contributed by atoms with Crippen LogP contribution in [0.3, 0.4) is 0 Å². The van der Waals surface area contributed by atoms with Crippen molar-refractivity contribution in [3.05, 3.63) is 105 Å². The minimum atomic E-state index is -4.50. The normalized spacial score (nSPS) is 12.2. The zero-order chi connectivity index (χ0) is 29.0. The lowest BCUT2D eigenvalue weighted by atomic mass is 10.0. The van der Waals surface area contributed by atoms with Crippen molar-refractivity contribution in [1.29, 1.82) is 5.26 Å². The van der Waals surface area contributed by atoms with Crippen LogP contribution >= 0.6 is 0 Å². The maximum absolute atomic E-state index is 14.0. The van der Waals surface area contributed by atoms with Gasteiger partial charge in [-0.1, -0.05) is 44.5 Å². The minimum absolute atomic E-state index is 0.217. The van der Waals surface area contributed by atoms with Gasteiger partial charge in [0.15, 0.2) is 4.90 Å². The lowest BCUT2D eigenvalue weighted by Crippen LogP contribution is -2.33. The van der Waals surface area contributed by atoms with Crippen molar-refractivity contribution in [2.45, 2.75) is 55.4 Å². The second kappa shape index (κ2) is 11.7. The number of pyridine rings is 1. The number of aryl methyl sites for hydroxylation is 2. The van der Waals surface area contributed by atoms with E-state index in [2.05, 4.69) is 11.1 Å². The van der Waals surface area contributed by atoms with Gasteiger partial charge >= 0.3 is 0 Å². The van der Waals surface area contributed by atoms with Crippen molar-refractivity contribution in [3.8, 4) is 23.1 Å². The molecule has 0 aliphatic rings. The summed E-state index contributed by atoms with van der Waals surface area (Å²) in [6, 6.07) is 17.2. The molecule has 1 atom stereocenters. The number of unbranched alkanes of at least 4 members (excludes halogenated alkanes) is 1. The van der Waals surface area contributed by atoms with Crippen LogP contribution in [0.25, 0.3) is 11.1 Å². The van der Waals surface area contributed by atoms with Gasteiger partial charge in [-0.3, -0.25) is 14.2 Å². The van der Waals surface area contributed by atoms with Crippen LogP contribution in [0.2, 0.25) is 0 Å². The zero-order valence-electron chi connectivity index (χ0n) is 22.5. The van der Waals surface area contributed by atoms with E-state index in [0.29, 0.717) is 41.5 Å². The molecule has 9 nitrogen and oxygen atoms in total. The van der Waals surface area contributed by atoms with Gasteiger partial charge in [0, 0.05) is 25.2 Å². The standard InChI is InChI=1S/C30H30N4O5S/c1-4-6-12-26-32-28(35)27(30(37)34(26)25(5-2)22-10-7-9-20(18-22)19-31)40(38,39)23-15-13-21(14-16-23)24-11-8-17-33(3)29(24)36/h7-11,13-18,25,35H,4-6,12H2,1-3H3. The molecule has 206 valence electrons. The first-order chi connectivity index (χ1) is 19.1. The van der Waals surface area contributed by atoms with E-state index in [1.54, 1.807) is 49.6 Å². The molecule has 1 unspecified atom stereocenters. The van der Waals surface area contributed by atoms with Crippen molar-refractivity contribution in [2.24, 2.45) is 7.05 Å². The summed E-state index contributed by atoms with van der Waals surface area (Å²) in [6.45, 7) is 3.83. The second-order valence-corrected chi connectivity index (χ2v) is 11.4. The maximum atomic E-state index is 14.0. The third kappa shape index (κ3) is 5.33. The summed E-state index contributed by atoms with van der Waals surface area (Å²) in [7, 11) is -2.87. The highest BCUT2D eigenvalue weighted by Gasteiger charge is 2.31. The Bertz CT molecular complexity index is 1820. The van der Waals surface area contributed by atoms with Gasteiger partial charge in [-0.25, -0.2) is 8.42 Å². The highest BCUT2D eigenvalue weighted by atomic mass is 32.2. The molecule has 40 heavy (non-hydrogen) atoms. The Labute approximate surface area is 232 Å². The number of rotatable bonds is 9. The number of nitrogens with zero attached hydrogens (tertiary/aromatic N) is 4. The highest BCUT2D eigenvalue weighted by Crippen LogP contribution is 2.30. The maximum Gasteiger partial charge on any atom is 0.277 e. The largest absolute Gasteiger partial charge is 0.492 e. The lowest BCUT2D eigenvalue weighted by Gasteiger charge is -2.23. The fourth-order valence-electron chi connectivity index (χ4n) is 4.75. The molecule has 0 amide bonds. The predicted octanol–water partition coefficient (Wildman–Crippen LogP) is 4.36. The summed E-state index contributed by atoms with van der Waals surface area (Å²) >= 11 is 0. The van der Waals surface area contributed by atoms with Crippen LogP contribution in [0, 0.1) is 11.3 Å². The number of hydrogen-bond acceptors (Lipinski definition) is 7. The van der Waals surface area contributed by atoms with Gasteiger partial charge < -0.3 is 9.67 Å². The molecule has 0 radical (unpaired) electrons. The number of hydrogen-bond donors (Lipinski definition) is 1. The topological polar surface area (TPSA) is 135 Å². The lowest BCUT2D eigenvalue weighted by molar-refractivity contribution is 0.406. The zero-order valence-corrected chi connectivity index (χ0v) is 23.4. The Hall–Kier alpha value is -4.49. The fourth-order valence-corrected chi connectivity index (χ4v) is 6.09. The van der Waals surface area contributed by atoms with Crippen LogP contribution in [-0.4, -0.2) is 27.6 Å². The SMILES string of the molecule is CCCCc1nc(O)c(S(=O)(=O)c2ccc(-c3cccn(C)c3=O)cc2)c(=O)n1C(CC)c1cccc(C#N)c1. The van der Waals surface area contributed by atoms with Gasteiger partial charge in [0.1, 0.15) is 5.82 Å². The minimum Gasteiger partial charge on any atom is -0.492 e. The number of aromatic hydroxyl groups is 1. The molecule has 0 bridgehead atoms. The Kier molecular flexibility index (Phi) is 8.35. The van der Waals surface area contributed by atoms with Gasteiger partial charge in [0.05, 0.1) is 22.6 Å². The smallest absolute Gasteiger partial charge is 0.277 e. The molecule has 4 aromatic rings. The number of nitriles is 1. The molecule has 4 rings (SSSR count). The molecule has 0 spiro atoms. The van der Waals surface area contributed by atoms with Gasteiger partial charge in [-0.2, -0.15) is 10.2 Å². The molecule has 10 heteroatoms. The van der Waals surface area contributed by atoms with E-state index in [9.17, 15) is 28.4 Å². The van der Waals surface area contributed by atoms with Crippen LogP contribution in [0.5, 0.6) is 5.88 Å². The molecule has 0 aliphatic heterocycles. The quantitative estimate of drug-likeness (QED) is 0.322. The molecule has 0 fully saturated rings. The Morgan fingerprint density at radius 3 is 2.40 bits per heavy atom. The van der Waals surface area contributed by atoms with Crippen LogP contribution in [0.4, 0.5) is 0 Å². The number of aromatic nitrogens is 3. The highest BCUT2D eigenvalue weighted by molar-refractivity contribution is 7.91. The molecule has 2 heterocycles. The predicted molar refractivity (Wildman–Crippen MR) is 151 cm³/mol. The summed E-state index contributed by atoms with van der Waals surface area (Å²) in [5.41, 5.74) is 0.855. The van der Waals surface area contributed by atoms with E-state index in [0.717, 1.165) is 6.42 Å². The Morgan fingerprint density at radius 2 is 1.75 bits per heavy atom. The summed E-state index contributed by atoms with van der Waals surface area (Å²) in [5.74, 6) is -0.582. The van der Waals surface area contributed by atoms with E-state index in [-0.39, 0.29) is 16.3 Å². The summed E-state index contributed by atoms with van der Waals surface area (Å²) in [6.07, 6.45) is 3.87. The molecular weight excluding hydrogens is 528 g/mol. The van der Waals surface area contributed by atoms with Crippen molar-refractivity contribution in [1.82, 2.24) is 14.1 Å². The molecule has 2 aromatic carbocycles. The monoisotopic (exact) mass is 558 g/mol. The van der Waals surface area contributed by atoms with Crippen molar-refractivity contribution in [2.75, 3.05) is 0 Å². The average Bonchev–Trinajstić information content (AvgIpc) is 2.95. The van der Waals surface area contributed by atoms with Crippen LogP contribution in [0.1, 0.15) is 56.1 Å². The molecule has 1 N–H and O–H groups in total. The van der Waals surface area contributed by atoms with Crippen molar-refractivity contribution < 1.29 is 13.5 Å². The van der Waals surface area contributed by atoms with Crippen LogP contribution < -0.4 is 11.1 Å². The first-order valence-corrected chi connectivity index (χ1v) is 14.5. The first kappa shape index (κ1) is 28.5. The molecule has 2 aromatic heterocycles. The van der Waals surface area contributed by atoms with Gasteiger partial charge in [-0.05, 0) is 60.4 Å². The van der Waals surface area contributed by atoms with Gasteiger partial charge in [0.2, 0.25) is 15.7 Å². The first-order valence-electron chi connectivity index (χ1n) is 13.0. The fraction of sp³-hybridized carbons (Fsp3) is 0.267. The molecular formula is C30H30N4O5S. The van der Waals surface area contributed by atoms with Crippen molar-refractivity contribution in [3.63, 3.8) is 0 Å². The van der Waals surface area contributed by atoms with E-state index < -0.39 is 32.2 Å². The summed E-state index contributed by atoms with van der Waals surface area (Å²) in [5, 5.41) is 20.2. The number of sulfone groups is 1.